The third kappa shape index (κ3) is 3.20. The lowest BCUT2D eigenvalue weighted by atomic mass is 9.64. The van der Waals surface area contributed by atoms with Crippen LogP contribution in [-0.4, -0.2) is 0 Å². The van der Waals surface area contributed by atoms with Gasteiger partial charge in [0.15, 0.2) is 0 Å². The van der Waals surface area contributed by atoms with Gasteiger partial charge in [-0.3, -0.25) is 0 Å². The van der Waals surface area contributed by atoms with Gasteiger partial charge in [0.25, 0.3) is 0 Å². The summed E-state index contributed by atoms with van der Waals surface area (Å²) in [7, 11) is 0. The van der Waals surface area contributed by atoms with Crippen molar-refractivity contribution >= 4 is 17.1 Å². The summed E-state index contributed by atoms with van der Waals surface area (Å²) in [5, 5.41) is 18.9. The van der Waals surface area contributed by atoms with E-state index in [1.54, 1.807) is 6.07 Å². The normalized spacial score (nSPS) is 13.3. The number of hydrogen-bond acceptors (Lipinski definition) is 3. The number of para-hydroxylation sites is 2. The first kappa shape index (κ1) is 23.9. The molecular formula is C39H23N3. The van der Waals surface area contributed by atoms with Gasteiger partial charge in [0.1, 0.15) is 0 Å². The Labute approximate surface area is 244 Å². The predicted molar refractivity (Wildman–Crippen MR) is 167 cm³/mol. The van der Waals surface area contributed by atoms with Crippen molar-refractivity contribution < 1.29 is 0 Å². The lowest BCUT2D eigenvalue weighted by Gasteiger charge is -2.45. The number of rotatable bonds is 2. The molecule has 3 nitrogen and oxygen atoms in total. The van der Waals surface area contributed by atoms with Gasteiger partial charge in [-0.2, -0.15) is 10.5 Å². The average Bonchev–Trinajstić information content (AvgIpc) is 3.36. The summed E-state index contributed by atoms with van der Waals surface area (Å²) in [5.41, 5.74) is 13.4. The van der Waals surface area contributed by atoms with E-state index in [2.05, 4.69) is 138 Å². The summed E-state index contributed by atoms with van der Waals surface area (Å²) in [6.07, 6.45) is 0. The highest BCUT2D eigenvalue weighted by molar-refractivity contribution is 5.95. The third-order valence-electron chi connectivity index (χ3n) is 8.70. The van der Waals surface area contributed by atoms with E-state index in [0.717, 1.165) is 28.2 Å². The minimum absolute atomic E-state index is 0.428. The Bertz CT molecular complexity index is 2000. The van der Waals surface area contributed by atoms with Crippen LogP contribution in [0.2, 0.25) is 0 Å². The Morgan fingerprint density at radius 1 is 0.452 bits per heavy atom. The van der Waals surface area contributed by atoms with Gasteiger partial charge in [0.2, 0.25) is 0 Å². The lowest BCUT2D eigenvalue weighted by molar-refractivity contribution is 0.752. The van der Waals surface area contributed by atoms with Crippen molar-refractivity contribution in [3.05, 3.63) is 173 Å². The quantitative estimate of drug-likeness (QED) is 0.222. The number of nitrogens with zero attached hydrogens (tertiary/aromatic N) is 3. The molecule has 0 aromatic heterocycles. The van der Waals surface area contributed by atoms with E-state index in [1.165, 1.54) is 33.4 Å². The van der Waals surface area contributed by atoms with Crippen LogP contribution in [-0.2, 0) is 5.41 Å². The maximum Gasteiger partial charge on any atom is 0.0992 e. The maximum absolute atomic E-state index is 9.47. The van der Waals surface area contributed by atoms with Crippen molar-refractivity contribution in [2.24, 2.45) is 0 Å². The minimum atomic E-state index is -0.428. The van der Waals surface area contributed by atoms with E-state index in [4.69, 9.17) is 0 Å². The van der Waals surface area contributed by atoms with Crippen LogP contribution < -0.4 is 4.90 Å². The van der Waals surface area contributed by atoms with Crippen LogP contribution in [0.1, 0.15) is 33.4 Å². The minimum Gasteiger partial charge on any atom is -0.310 e. The third-order valence-corrected chi connectivity index (χ3v) is 8.70. The number of anilines is 3. The van der Waals surface area contributed by atoms with E-state index in [9.17, 15) is 10.5 Å². The van der Waals surface area contributed by atoms with E-state index < -0.39 is 5.41 Å². The maximum atomic E-state index is 9.47. The first-order valence-corrected chi connectivity index (χ1v) is 14.0. The summed E-state index contributed by atoms with van der Waals surface area (Å²) < 4.78 is 0. The second kappa shape index (κ2) is 9.07. The summed E-state index contributed by atoms with van der Waals surface area (Å²) in [4.78, 5) is 2.36. The van der Waals surface area contributed by atoms with Crippen LogP contribution >= 0.6 is 0 Å². The Morgan fingerprint density at radius 3 is 1.40 bits per heavy atom. The Kier molecular flexibility index (Phi) is 5.17. The molecule has 8 rings (SSSR count). The summed E-state index contributed by atoms with van der Waals surface area (Å²) >= 11 is 0. The van der Waals surface area contributed by atoms with Crippen LogP contribution in [0.4, 0.5) is 17.1 Å². The summed E-state index contributed by atoms with van der Waals surface area (Å²) in [6.45, 7) is 0. The molecule has 0 saturated carbocycles. The van der Waals surface area contributed by atoms with Crippen LogP contribution in [0.3, 0.4) is 0 Å². The number of fused-ring (bicyclic) bond motifs is 9. The summed E-state index contributed by atoms with van der Waals surface area (Å²) in [5.74, 6) is 0. The molecule has 42 heavy (non-hydrogen) atoms. The molecule has 0 saturated heterocycles. The molecule has 0 atom stereocenters. The SMILES string of the molecule is N#Cc1cc(C#N)cc(-c2ccc(N3c4ccccc4C4(c5ccccc5-c5ccccc54)c4ccccc43)cc2)c1. The van der Waals surface area contributed by atoms with Crippen molar-refractivity contribution in [3.8, 4) is 34.4 Å². The first-order valence-electron chi connectivity index (χ1n) is 14.0. The standard InChI is InChI=1S/C39H23N3/c40-24-26-21-27(25-41)23-29(22-26)28-17-19-30(20-18-28)42-37-15-7-5-13-35(37)39(36-14-6-8-16-38(36)42)33-11-3-1-9-31(33)32-10-2-4-12-34(32)39/h1-23H. The molecule has 1 heterocycles. The second-order valence-corrected chi connectivity index (χ2v) is 10.8. The van der Waals surface area contributed by atoms with Gasteiger partial charge in [-0.05, 0) is 87.0 Å². The van der Waals surface area contributed by atoms with Crippen LogP contribution in [0.15, 0.2) is 140 Å². The summed E-state index contributed by atoms with van der Waals surface area (Å²) in [6, 6.07) is 53.2. The lowest BCUT2D eigenvalue weighted by Crippen LogP contribution is -2.36. The smallest absolute Gasteiger partial charge is 0.0992 e. The fourth-order valence-corrected chi connectivity index (χ4v) is 7.07. The predicted octanol–water partition coefficient (Wildman–Crippen LogP) is 9.24. The van der Waals surface area contributed by atoms with Gasteiger partial charge in [-0.1, -0.05) is 97.1 Å². The van der Waals surface area contributed by atoms with Crippen LogP contribution in [0.25, 0.3) is 22.3 Å². The molecule has 0 radical (unpaired) electrons. The van der Waals surface area contributed by atoms with Crippen LogP contribution in [0, 0.1) is 22.7 Å². The molecule has 0 fully saturated rings. The molecule has 0 bridgehead atoms. The number of benzene rings is 6. The van der Waals surface area contributed by atoms with Gasteiger partial charge < -0.3 is 4.90 Å². The van der Waals surface area contributed by atoms with Crippen molar-refractivity contribution in [2.75, 3.05) is 4.90 Å². The largest absolute Gasteiger partial charge is 0.310 e. The molecule has 1 aliphatic heterocycles. The average molecular weight is 534 g/mol. The molecular weight excluding hydrogens is 510 g/mol. The number of nitriles is 2. The van der Waals surface area contributed by atoms with Gasteiger partial charge >= 0.3 is 0 Å². The zero-order chi connectivity index (χ0) is 28.3. The molecule has 1 spiro atoms. The molecule has 194 valence electrons. The van der Waals surface area contributed by atoms with E-state index in [-0.39, 0.29) is 0 Å². The molecule has 2 aliphatic rings. The molecule has 0 amide bonds. The molecule has 3 heteroatoms. The van der Waals surface area contributed by atoms with Gasteiger partial charge in [-0.15, -0.1) is 0 Å². The van der Waals surface area contributed by atoms with E-state index in [1.807, 2.05) is 12.1 Å². The highest BCUT2D eigenvalue weighted by Crippen LogP contribution is 2.63. The van der Waals surface area contributed by atoms with E-state index >= 15 is 0 Å². The van der Waals surface area contributed by atoms with Crippen molar-refractivity contribution in [3.63, 3.8) is 0 Å². The zero-order valence-corrected chi connectivity index (χ0v) is 22.6. The zero-order valence-electron chi connectivity index (χ0n) is 22.6. The van der Waals surface area contributed by atoms with E-state index in [0.29, 0.717) is 11.1 Å². The fraction of sp³-hybridized carbons (Fsp3) is 0.0256. The molecule has 6 aromatic rings. The first-order chi connectivity index (χ1) is 20.7. The molecule has 1 aliphatic carbocycles. The van der Waals surface area contributed by atoms with Crippen molar-refractivity contribution in [2.45, 2.75) is 5.41 Å². The van der Waals surface area contributed by atoms with Crippen molar-refractivity contribution in [1.29, 1.82) is 10.5 Å². The molecule has 0 N–H and O–H groups in total. The van der Waals surface area contributed by atoms with Gasteiger partial charge in [0.05, 0.1) is 40.1 Å². The number of hydrogen-bond donors (Lipinski definition) is 0. The Balaban J connectivity index is 1.35. The molecule has 0 unspecified atom stereocenters. The monoisotopic (exact) mass is 533 g/mol. The Hall–Kier alpha value is -5.90. The van der Waals surface area contributed by atoms with Gasteiger partial charge in [0, 0.05) is 5.69 Å². The Morgan fingerprint density at radius 2 is 0.905 bits per heavy atom. The highest BCUT2D eigenvalue weighted by atomic mass is 15.2. The highest BCUT2D eigenvalue weighted by Gasteiger charge is 2.51. The second-order valence-electron chi connectivity index (χ2n) is 10.8. The fourth-order valence-electron chi connectivity index (χ4n) is 7.07. The van der Waals surface area contributed by atoms with Crippen molar-refractivity contribution in [1.82, 2.24) is 0 Å². The topological polar surface area (TPSA) is 50.8 Å². The molecule has 6 aromatic carbocycles. The van der Waals surface area contributed by atoms with Crippen LogP contribution in [0.5, 0.6) is 0 Å². The van der Waals surface area contributed by atoms with Gasteiger partial charge in [-0.25, -0.2) is 0 Å².